The zero-order valence-electron chi connectivity index (χ0n) is 16.3. The Labute approximate surface area is 164 Å². The Kier molecular flexibility index (Phi) is 7.70. The Hall–Kier alpha value is -2.73. The Bertz CT molecular complexity index is 787. The van der Waals surface area contributed by atoms with Crippen molar-refractivity contribution in [2.45, 2.75) is 39.3 Å². The van der Waals surface area contributed by atoms with Crippen LogP contribution in [0.2, 0.25) is 0 Å². The zero-order valence-corrected chi connectivity index (χ0v) is 16.3. The van der Waals surface area contributed by atoms with Crippen LogP contribution >= 0.6 is 0 Å². The lowest BCUT2D eigenvalue weighted by atomic mass is 10.0. The van der Waals surface area contributed by atoms with E-state index < -0.39 is 12.1 Å². The fourth-order valence-corrected chi connectivity index (χ4v) is 2.82. The van der Waals surface area contributed by atoms with Crippen LogP contribution in [0, 0.1) is 11.7 Å². The molecule has 0 bridgehead atoms. The summed E-state index contributed by atoms with van der Waals surface area (Å²) >= 11 is 0. The van der Waals surface area contributed by atoms with Crippen LogP contribution in [0.15, 0.2) is 48.5 Å². The van der Waals surface area contributed by atoms with Gasteiger partial charge in [-0.3, -0.25) is 4.79 Å². The molecule has 0 saturated carbocycles. The van der Waals surface area contributed by atoms with Crippen molar-refractivity contribution in [3.63, 3.8) is 0 Å². The van der Waals surface area contributed by atoms with Crippen LogP contribution in [0.5, 0.6) is 0 Å². The van der Waals surface area contributed by atoms with Gasteiger partial charge in [0, 0.05) is 0 Å². The normalized spacial score (nSPS) is 13.2. The molecule has 0 unspecified atom stereocenters. The first-order chi connectivity index (χ1) is 13.3. The molecule has 2 aromatic carbocycles. The number of amides is 1. The van der Waals surface area contributed by atoms with Crippen molar-refractivity contribution in [1.82, 2.24) is 5.32 Å². The van der Waals surface area contributed by atoms with Gasteiger partial charge in [0.2, 0.25) is 5.91 Å². The van der Waals surface area contributed by atoms with Crippen LogP contribution in [-0.2, 0) is 16.0 Å². The topological polar surface area (TPSA) is 75.6 Å². The van der Waals surface area contributed by atoms with Gasteiger partial charge in [0.05, 0.1) is 18.2 Å². The molecule has 1 amide bonds. The number of carboxylic acids is 1. The van der Waals surface area contributed by atoms with Gasteiger partial charge in [-0.2, -0.15) is 0 Å². The minimum absolute atomic E-state index is 0.0187. The highest BCUT2D eigenvalue weighted by atomic mass is 19.1. The van der Waals surface area contributed by atoms with Crippen LogP contribution < -0.4 is 5.32 Å². The second-order valence-corrected chi connectivity index (χ2v) is 7.07. The monoisotopic (exact) mass is 387 g/mol. The number of carbonyl (C=O) groups excluding carboxylic acids is 1. The Morgan fingerprint density at radius 2 is 1.64 bits per heavy atom. The largest absolute Gasteiger partial charge is 0.478 e. The Morgan fingerprint density at radius 1 is 1.04 bits per heavy atom. The van der Waals surface area contributed by atoms with Gasteiger partial charge in [-0.15, -0.1) is 0 Å². The summed E-state index contributed by atoms with van der Waals surface area (Å²) in [5, 5.41) is 11.9. The van der Waals surface area contributed by atoms with Gasteiger partial charge in [-0.1, -0.05) is 38.1 Å². The SMILES string of the molecule is CC(C)[C@@H](OCCc1ccc(F)cc1)C(=O)N[C@@H](C)c1ccc(C(=O)O)cc1. The number of rotatable bonds is 9. The molecule has 0 heterocycles. The first-order valence-corrected chi connectivity index (χ1v) is 9.27. The number of carboxylic acid groups (broad SMARTS) is 1. The van der Waals surface area contributed by atoms with E-state index in [-0.39, 0.29) is 29.2 Å². The van der Waals surface area contributed by atoms with Crippen LogP contribution in [0.3, 0.4) is 0 Å². The van der Waals surface area contributed by atoms with Crippen LogP contribution in [0.25, 0.3) is 0 Å². The molecule has 0 aliphatic heterocycles. The van der Waals surface area contributed by atoms with Crippen molar-refractivity contribution in [1.29, 1.82) is 0 Å². The molecule has 150 valence electrons. The molecule has 28 heavy (non-hydrogen) atoms. The zero-order chi connectivity index (χ0) is 20.7. The van der Waals surface area contributed by atoms with E-state index in [1.807, 2.05) is 20.8 Å². The van der Waals surface area contributed by atoms with Crippen molar-refractivity contribution in [3.05, 3.63) is 71.0 Å². The third-order valence-corrected chi connectivity index (χ3v) is 4.48. The molecule has 0 aromatic heterocycles. The summed E-state index contributed by atoms with van der Waals surface area (Å²) in [6.45, 7) is 6.01. The summed E-state index contributed by atoms with van der Waals surface area (Å²) < 4.78 is 18.8. The molecule has 0 aliphatic rings. The number of nitrogens with one attached hydrogen (secondary N) is 1. The predicted molar refractivity (Wildman–Crippen MR) is 105 cm³/mol. The first kappa shape index (κ1) is 21.6. The molecule has 2 atom stereocenters. The van der Waals surface area contributed by atoms with Gasteiger partial charge < -0.3 is 15.2 Å². The van der Waals surface area contributed by atoms with Crippen LogP contribution in [0.4, 0.5) is 4.39 Å². The number of hydrogen-bond acceptors (Lipinski definition) is 3. The van der Waals surface area contributed by atoms with Gasteiger partial charge in [0.1, 0.15) is 11.9 Å². The number of ether oxygens (including phenoxy) is 1. The lowest BCUT2D eigenvalue weighted by Gasteiger charge is -2.23. The van der Waals surface area contributed by atoms with Gasteiger partial charge in [-0.25, -0.2) is 9.18 Å². The molecule has 2 aromatic rings. The Balaban J connectivity index is 1.92. The van der Waals surface area contributed by atoms with Gasteiger partial charge in [0.25, 0.3) is 0 Å². The highest BCUT2D eigenvalue weighted by Gasteiger charge is 2.24. The number of aromatic carboxylic acids is 1. The van der Waals surface area contributed by atoms with E-state index in [2.05, 4.69) is 5.32 Å². The van der Waals surface area contributed by atoms with Crippen molar-refractivity contribution >= 4 is 11.9 Å². The molecule has 5 nitrogen and oxygen atoms in total. The van der Waals surface area contributed by atoms with E-state index >= 15 is 0 Å². The van der Waals surface area contributed by atoms with Gasteiger partial charge in [-0.05, 0) is 54.7 Å². The fraction of sp³-hybridized carbons (Fsp3) is 0.364. The standard InChI is InChI=1S/C22H26FNO4/c1-14(2)20(28-13-12-16-4-10-19(23)11-5-16)21(25)24-15(3)17-6-8-18(9-7-17)22(26)27/h4-11,14-15,20H,12-13H2,1-3H3,(H,24,25)(H,26,27)/t15-,20+/m0/s1. The highest BCUT2D eigenvalue weighted by molar-refractivity contribution is 5.87. The molecule has 0 fully saturated rings. The van der Waals surface area contributed by atoms with Crippen molar-refractivity contribution in [3.8, 4) is 0 Å². The number of benzene rings is 2. The molecular weight excluding hydrogens is 361 g/mol. The molecule has 2 N–H and O–H groups in total. The minimum Gasteiger partial charge on any atom is -0.478 e. The van der Waals surface area contributed by atoms with Crippen molar-refractivity contribution in [2.75, 3.05) is 6.61 Å². The summed E-state index contributed by atoms with van der Waals surface area (Å²) in [5.41, 5.74) is 1.95. The summed E-state index contributed by atoms with van der Waals surface area (Å²) in [7, 11) is 0. The number of halogens is 1. The first-order valence-electron chi connectivity index (χ1n) is 9.27. The molecule has 6 heteroatoms. The maximum atomic E-state index is 13.0. The maximum Gasteiger partial charge on any atom is 0.335 e. The third kappa shape index (κ3) is 6.16. The fourth-order valence-electron chi connectivity index (χ4n) is 2.82. The average Bonchev–Trinajstić information content (AvgIpc) is 2.66. The van der Waals surface area contributed by atoms with Crippen LogP contribution in [-0.4, -0.2) is 29.7 Å². The molecule has 0 aliphatic carbocycles. The van der Waals surface area contributed by atoms with E-state index in [4.69, 9.17) is 9.84 Å². The van der Waals surface area contributed by atoms with E-state index in [0.29, 0.717) is 13.0 Å². The van der Waals surface area contributed by atoms with Crippen molar-refractivity contribution in [2.24, 2.45) is 5.92 Å². The van der Waals surface area contributed by atoms with E-state index in [1.165, 1.54) is 24.3 Å². The van der Waals surface area contributed by atoms with E-state index in [1.54, 1.807) is 24.3 Å². The van der Waals surface area contributed by atoms with Crippen LogP contribution in [0.1, 0.15) is 48.3 Å². The molecule has 0 spiro atoms. The lowest BCUT2D eigenvalue weighted by Crippen LogP contribution is -2.41. The average molecular weight is 387 g/mol. The van der Waals surface area contributed by atoms with E-state index in [0.717, 1.165) is 11.1 Å². The van der Waals surface area contributed by atoms with Crippen molar-refractivity contribution < 1.29 is 23.8 Å². The quantitative estimate of drug-likeness (QED) is 0.682. The molecule has 2 rings (SSSR count). The maximum absolute atomic E-state index is 13.0. The summed E-state index contributed by atoms with van der Waals surface area (Å²) in [5.74, 6) is -1.51. The number of carbonyl (C=O) groups is 2. The lowest BCUT2D eigenvalue weighted by molar-refractivity contribution is -0.136. The second-order valence-electron chi connectivity index (χ2n) is 7.07. The predicted octanol–water partition coefficient (Wildman–Crippen LogP) is 3.99. The molecule has 0 radical (unpaired) electrons. The summed E-state index contributed by atoms with van der Waals surface area (Å²) in [6, 6.07) is 12.3. The van der Waals surface area contributed by atoms with Gasteiger partial charge in [0.15, 0.2) is 0 Å². The number of hydrogen-bond donors (Lipinski definition) is 2. The second kappa shape index (κ2) is 9.99. The summed E-state index contributed by atoms with van der Waals surface area (Å²) in [4.78, 5) is 23.6. The smallest absolute Gasteiger partial charge is 0.335 e. The summed E-state index contributed by atoms with van der Waals surface area (Å²) in [6.07, 6.45) is -0.0237. The Morgan fingerprint density at radius 3 is 2.18 bits per heavy atom. The van der Waals surface area contributed by atoms with E-state index in [9.17, 15) is 14.0 Å². The molecule has 0 saturated heterocycles. The highest BCUT2D eigenvalue weighted by Crippen LogP contribution is 2.16. The molecular formula is C22H26FNO4. The minimum atomic E-state index is -0.988. The third-order valence-electron chi connectivity index (χ3n) is 4.48. The van der Waals surface area contributed by atoms with Gasteiger partial charge >= 0.3 is 5.97 Å².